The fourth-order valence-corrected chi connectivity index (χ4v) is 3.61. The summed E-state index contributed by atoms with van der Waals surface area (Å²) in [5, 5.41) is 3.75. The molecule has 3 rings (SSSR count). The van der Waals surface area contributed by atoms with Gasteiger partial charge < -0.3 is 4.74 Å². The van der Waals surface area contributed by atoms with Gasteiger partial charge in [-0.15, -0.1) is 5.10 Å². The van der Waals surface area contributed by atoms with E-state index in [4.69, 9.17) is 4.74 Å². The molecule has 1 aliphatic rings. The van der Waals surface area contributed by atoms with Crippen LogP contribution in [0.5, 0.6) is 0 Å². The van der Waals surface area contributed by atoms with Crippen LogP contribution in [0, 0.1) is 0 Å². The molecule has 0 radical (unpaired) electrons. The molecule has 2 atom stereocenters. The van der Waals surface area contributed by atoms with E-state index in [1.165, 1.54) is 4.68 Å². The first-order chi connectivity index (χ1) is 11.0. The van der Waals surface area contributed by atoms with Gasteiger partial charge in [0.05, 0.1) is 18.4 Å². The van der Waals surface area contributed by atoms with E-state index in [0.717, 1.165) is 5.56 Å². The summed E-state index contributed by atoms with van der Waals surface area (Å²) in [5.41, 5.74) is 0.886. The van der Waals surface area contributed by atoms with Gasteiger partial charge in [-0.1, -0.05) is 30.3 Å². The van der Waals surface area contributed by atoms with Crippen LogP contribution in [0.1, 0.15) is 36.9 Å². The molecule has 0 aliphatic carbocycles. The second-order valence-corrected chi connectivity index (χ2v) is 7.35. The van der Waals surface area contributed by atoms with Crippen LogP contribution in [-0.2, 0) is 14.6 Å². The predicted molar refractivity (Wildman–Crippen MR) is 81.6 cm³/mol. The third-order valence-electron chi connectivity index (χ3n) is 3.81. The topological polar surface area (TPSA) is 74.1 Å². The lowest BCUT2D eigenvalue weighted by molar-refractivity contribution is 0.163. The highest BCUT2D eigenvalue weighted by Gasteiger charge is 2.37. The van der Waals surface area contributed by atoms with Gasteiger partial charge >= 0.3 is 0 Å². The van der Waals surface area contributed by atoms with Crippen molar-refractivity contribution in [1.82, 2.24) is 14.8 Å². The second-order valence-electron chi connectivity index (χ2n) is 5.34. The Bertz CT molecular complexity index is 777. The van der Waals surface area contributed by atoms with E-state index in [9.17, 15) is 12.8 Å². The summed E-state index contributed by atoms with van der Waals surface area (Å²) in [6, 6.07) is 9.00. The Kier molecular flexibility index (Phi) is 4.45. The number of nitrogens with zero attached hydrogens (tertiary/aromatic N) is 3. The molecule has 0 unspecified atom stereocenters. The van der Waals surface area contributed by atoms with Crippen molar-refractivity contribution < 1.29 is 17.5 Å². The lowest BCUT2D eigenvalue weighted by Gasteiger charge is -2.11. The molecule has 2 heterocycles. The molecule has 0 bridgehead atoms. The van der Waals surface area contributed by atoms with Crippen LogP contribution in [0.2, 0.25) is 0 Å². The molecule has 1 aliphatic heterocycles. The van der Waals surface area contributed by atoms with E-state index in [1.54, 1.807) is 6.92 Å². The quantitative estimate of drug-likeness (QED) is 0.754. The average molecular weight is 339 g/mol. The molecule has 2 aromatic rings. The fourth-order valence-electron chi connectivity index (χ4n) is 2.65. The Balaban J connectivity index is 1.90. The number of aromatic nitrogens is 3. The van der Waals surface area contributed by atoms with Crippen LogP contribution >= 0.6 is 0 Å². The Morgan fingerprint density at radius 2 is 2.09 bits per heavy atom. The zero-order chi connectivity index (χ0) is 16.4. The zero-order valence-corrected chi connectivity index (χ0v) is 13.5. The zero-order valence-electron chi connectivity index (χ0n) is 12.7. The minimum absolute atomic E-state index is 0.0733. The van der Waals surface area contributed by atoms with Crippen molar-refractivity contribution in [2.75, 3.05) is 19.0 Å². The van der Waals surface area contributed by atoms with Crippen molar-refractivity contribution in [2.45, 2.75) is 30.7 Å². The van der Waals surface area contributed by atoms with Crippen LogP contribution in [0.4, 0.5) is 4.39 Å². The number of alkyl halides is 1. The maximum Gasteiger partial charge on any atom is 0.267 e. The van der Waals surface area contributed by atoms with Gasteiger partial charge in [-0.25, -0.2) is 17.5 Å². The molecular formula is C15H18FN3O3S. The highest BCUT2D eigenvalue weighted by Crippen LogP contribution is 2.39. The minimum Gasteiger partial charge on any atom is -0.381 e. The lowest BCUT2D eigenvalue weighted by atomic mass is 10.0. The van der Waals surface area contributed by atoms with E-state index >= 15 is 0 Å². The highest BCUT2D eigenvalue weighted by molar-refractivity contribution is 7.91. The monoisotopic (exact) mass is 339 g/mol. The maximum atomic E-state index is 14.2. The Hall–Kier alpha value is -1.80. The van der Waals surface area contributed by atoms with Gasteiger partial charge in [0.1, 0.15) is 0 Å². The third kappa shape index (κ3) is 3.13. The summed E-state index contributed by atoms with van der Waals surface area (Å²) in [7, 11) is -3.67. The molecule has 23 heavy (non-hydrogen) atoms. The van der Waals surface area contributed by atoms with Crippen LogP contribution < -0.4 is 0 Å². The van der Waals surface area contributed by atoms with Gasteiger partial charge in [0, 0.05) is 13.0 Å². The van der Waals surface area contributed by atoms with Crippen molar-refractivity contribution in [3.05, 3.63) is 41.7 Å². The third-order valence-corrected chi connectivity index (χ3v) is 5.24. The number of sulfone groups is 1. The average Bonchev–Trinajstić information content (AvgIpc) is 3.10. The van der Waals surface area contributed by atoms with Crippen molar-refractivity contribution in [1.29, 1.82) is 0 Å². The lowest BCUT2D eigenvalue weighted by Crippen LogP contribution is -2.15. The van der Waals surface area contributed by atoms with Crippen LogP contribution in [0.15, 0.2) is 35.5 Å². The first kappa shape index (κ1) is 16.1. The number of benzene rings is 1. The number of ether oxygens (including phenoxy) is 1. The van der Waals surface area contributed by atoms with Crippen molar-refractivity contribution >= 4 is 9.84 Å². The molecule has 0 N–H and O–H groups in total. The molecule has 8 heteroatoms. The molecule has 0 amide bonds. The summed E-state index contributed by atoms with van der Waals surface area (Å²) in [6.07, 6.45) is -1.10. The first-order valence-corrected chi connectivity index (χ1v) is 9.14. The predicted octanol–water partition coefficient (Wildman–Crippen LogP) is 2.09. The molecule has 0 fully saturated rings. The Morgan fingerprint density at radius 1 is 1.35 bits per heavy atom. The summed E-state index contributed by atoms with van der Waals surface area (Å²) in [4.78, 5) is 3.93. The Labute approximate surface area is 134 Å². The molecule has 1 aromatic carbocycles. The number of fused-ring (bicyclic) bond motifs is 1. The molecule has 124 valence electrons. The first-order valence-electron chi connectivity index (χ1n) is 7.49. The van der Waals surface area contributed by atoms with Gasteiger partial charge in [0.15, 0.2) is 12.0 Å². The normalized spacial score (nSPS) is 20.6. The van der Waals surface area contributed by atoms with E-state index in [1.807, 2.05) is 30.3 Å². The SMILES string of the molecule is CCOCCS(=O)(=O)c1nc2n(n1)[C@H](c1ccccc1)C[C@@H]2F. The Morgan fingerprint density at radius 3 is 2.78 bits per heavy atom. The summed E-state index contributed by atoms with van der Waals surface area (Å²) >= 11 is 0. The van der Waals surface area contributed by atoms with E-state index in [0.29, 0.717) is 6.61 Å². The standard InChI is InChI=1S/C15H18FN3O3S/c1-2-22-8-9-23(20,21)15-17-14-12(16)10-13(19(14)18-15)11-6-4-3-5-7-11/h3-7,12-13H,2,8-10H2,1H3/t12-,13-/m0/s1. The van der Waals surface area contributed by atoms with Gasteiger partial charge in [-0.05, 0) is 12.5 Å². The van der Waals surface area contributed by atoms with Gasteiger partial charge in [0.25, 0.3) is 5.16 Å². The second kappa shape index (κ2) is 6.37. The molecule has 0 saturated heterocycles. The molecular weight excluding hydrogens is 321 g/mol. The number of hydrogen-bond acceptors (Lipinski definition) is 5. The summed E-state index contributed by atoms with van der Waals surface area (Å²) < 4.78 is 45.1. The van der Waals surface area contributed by atoms with E-state index in [-0.39, 0.29) is 35.8 Å². The number of hydrogen-bond donors (Lipinski definition) is 0. The largest absolute Gasteiger partial charge is 0.381 e. The van der Waals surface area contributed by atoms with Crippen molar-refractivity contribution in [3.8, 4) is 0 Å². The van der Waals surface area contributed by atoms with Crippen LogP contribution in [0.25, 0.3) is 0 Å². The molecule has 1 aromatic heterocycles. The van der Waals surface area contributed by atoms with Crippen LogP contribution in [0.3, 0.4) is 0 Å². The van der Waals surface area contributed by atoms with Crippen molar-refractivity contribution in [2.24, 2.45) is 0 Å². The fraction of sp³-hybridized carbons (Fsp3) is 0.467. The minimum atomic E-state index is -3.67. The van der Waals surface area contributed by atoms with E-state index < -0.39 is 16.0 Å². The molecule has 0 spiro atoms. The van der Waals surface area contributed by atoms with E-state index in [2.05, 4.69) is 10.1 Å². The van der Waals surface area contributed by atoms with Gasteiger partial charge in [0.2, 0.25) is 9.84 Å². The van der Waals surface area contributed by atoms with Gasteiger partial charge in [-0.3, -0.25) is 0 Å². The molecule has 0 saturated carbocycles. The smallest absolute Gasteiger partial charge is 0.267 e. The summed E-state index contributed by atoms with van der Waals surface area (Å²) in [6.45, 7) is 2.29. The van der Waals surface area contributed by atoms with Crippen LogP contribution in [-0.4, -0.2) is 42.1 Å². The molecule has 6 nitrogen and oxygen atoms in total. The van der Waals surface area contributed by atoms with Crippen molar-refractivity contribution in [3.63, 3.8) is 0 Å². The van der Waals surface area contributed by atoms with Gasteiger partial charge in [-0.2, -0.15) is 4.98 Å². The number of rotatable bonds is 6. The summed E-state index contributed by atoms with van der Waals surface area (Å²) in [5.74, 6) is -0.133. The number of halogens is 1. The maximum absolute atomic E-state index is 14.2. The highest BCUT2D eigenvalue weighted by atomic mass is 32.2.